The predicted octanol–water partition coefficient (Wildman–Crippen LogP) is 5.04. The lowest BCUT2D eigenvalue weighted by molar-refractivity contribution is -0.143. The van der Waals surface area contributed by atoms with Crippen molar-refractivity contribution in [3.63, 3.8) is 0 Å². The molecule has 1 aliphatic heterocycles. The number of hydrogen-bond acceptors (Lipinski definition) is 2. The highest BCUT2D eigenvalue weighted by atomic mass is 127. The summed E-state index contributed by atoms with van der Waals surface area (Å²) in [6.07, 6.45) is 1.52. The van der Waals surface area contributed by atoms with Crippen LogP contribution >= 0.6 is 34.2 Å². The lowest BCUT2D eigenvalue weighted by Crippen LogP contribution is -2.42. The van der Waals surface area contributed by atoms with Crippen molar-refractivity contribution in [2.24, 2.45) is 0 Å². The molecule has 1 heterocycles. The summed E-state index contributed by atoms with van der Waals surface area (Å²) in [5, 5.41) is 0.778. The molecule has 5 heteroatoms. The largest absolute Gasteiger partial charge is 0.367 e. The van der Waals surface area contributed by atoms with Crippen LogP contribution in [0.15, 0.2) is 48.5 Å². The van der Waals surface area contributed by atoms with Crippen LogP contribution in [-0.2, 0) is 9.53 Å². The number of carbonyl (C=O) groups excluding carboxylic acids is 1. The Kier molecular flexibility index (Phi) is 6.36. The maximum atomic E-state index is 13.0. The van der Waals surface area contributed by atoms with Gasteiger partial charge >= 0.3 is 0 Å². The molecular formula is C20H21ClINO2. The molecule has 1 aliphatic rings. The van der Waals surface area contributed by atoms with Gasteiger partial charge in [0.2, 0.25) is 0 Å². The molecule has 25 heavy (non-hydrogen) atoms. The Morgan fingerprint density at radius 1 is 1.28 bits per heavy atom. The minimum absolute atomic E-state index is 0.0370. The van der Waals surface area contributed by atoms with Crippen molar-refractivity contribution in [1.82, 2.24) is 4.90 Å². The Bertz CT molecular complexity index is 738. The minimum Gasteiger partial charge on any atom is -0.367 e. The van der Waals surface area contributed by atoms with E-state index in [1.807, 2.05) is 47.4 Å². The van der Waals surface area contributed by atoms with Gasteiger partial charge < -0.3 is 9.64 Å². The maximum absolute atomic E-state index is 13.0. The van der Waals surface area contributed by atoms with Gasteiger partial charge in [-0.15, -0.1) is 0 Å². The average molecular weight is 470 g/mol. The summed E-state index contributed by atoms with van der Waals surface area (Å²) in [6, 6.07) is 15.9. The standard InChI is InChI=1S/C20H21ClINO2/c1-25-19(14-6-3-2-4-7-14)20(24)23-11-5-8-16(13-23)15-9-10-18(22)17(21)12-15/h2-4,6-7,9-10,12,16,19H,5,8,11,13H2,1H3/t16-,19+/m0/s1. The summed E-state index contributed by atoms with van der Waals surface area (Å²) in [6.45, 7) is 1.49. The van der Waals surface area contributed by atoms with E-state index < -0.39 is 6.10 Å². The van der Waals surface area contributed by atoms with Crippen LogP contribution < -0.4 is 0 Å². The molecule has 0 N–H and O–H groups in total. The van der Waals surface area contributed by atoms with Crippen LogP contribution in [0.25, 0.3) is 0 Å². The third-order valence-electron chi connectivity index (χ3n) is 4.71. The summed E-state index contributed by atoms with van der Waals surface area (Å²) in [5.41, 5.74) is 2.10. The van der Waals surface area contributed by atoms with E-state index >= 15 is 0 Å². The number of methoxy groups -OCH3 is 1. The fourth-order valence-electron chi connectivity index (χ4n) is 3.39. The van der Waals surface area contributed by atoms with E-state index in [0.29, 0.717) is 12.5 Å². The summed E-state index contributed by atoms with van der Waals surface area (Å²) in [5.74, 6) is 0.357. The fraction of sp³-hybridized carbons (Fsp3) is 0.350. The topological polar surface area (TPSA) is 29.5 Å². The SMILES string of the molecule is CO[C@@H](C(=O)N1CCC[C@H](c2ccc(I)c(Cl)c2)C1)c1ccccc1. The first kappa shape index (κ1) is 18.7. The van der Waals surface area contributed by atoms with Crippen LogP contribution in [0, 0.1) is 3.57 Å². The molecule has 1 fully saturated rings. The summed E-state index contributed by atoms with van der Waals surface area (Å²) < 4.78 is 6.57. The number of carbonyl (C=O) groups is 1. The van der Waals surface area contributed by atoms with Crippen LogP contribution in [0.5, 0.6) is 0 Å². The zero-order chi connectivity index (χ0) is 17.8. The number of piperidine rings is 1. The van der Waals surface area contributed by atoms with Crippen molar-refractivity contribution in [3.8, 4) is 0 Å². The van der Waals surface area contributed by atoms with E-state index in [0.717, 1.165) is 33.5 Å². The number of rotatable bonds is 4. The van der Waals surface area contributed by atoms with Crippen molar-refractivity contribution in [2.75, 3.05) is 20.2 Å². The third-order valence-corrected chi connectivity index (χ3v) is 6.28. The first-order chi connectivity index (χ1) is 12.1. The highest BCUT2D eigenvalue weighted by molar-refractivity contribution is 14.1. The van der Waals surface area contributed by atoms with Gasteiger partial charge in [0.05, 0.1) is 5.02 Å². The lowest BCUT2D eigenvalue weighted by atomic mass is 9.90. The van der Waals surface area contributed by atoms with Gasteiger partial charge in [0.25, 0.3) is 5.91 Å². The van der Waals surface area contributed by atoms with Crippen LogP contribution in [0.2, 0.25) is 5.02 Å². The van der Waals surface area contributed by atoms with E-state index in [9.17, 15) is 4.79 Å². The van der Waals surface area contributed by atoms with Crippen LogP contribution in [0.4, 0.5) is 0 Å². The monoisotopic (exact) mass is 469 g/mol. The van der Waals surface area contributed by atoms with E-state index in [4.69, 9.17) is 16.3 Å². The quantitative estimate of drug-likeness (QED) is 0.587. The summed E-state index contributed by atoms with van der Waals surface area (Å²) in [7, 11) is 1.59. The molecule has 0 spiro atoms. The van der Waals surface area contributed by atoms with Gasteiger partial charge in [-0.25, -0.2) is 0 Å². The normalized spacial score (nSPS) is 18.8. The van der Waals surface area contributed by atoms with Gasteiger partial charge in [-0.2, -0.15) is 0 Å². The van der Waals surface area contributed by atoms with Crippen molar-refractivity contribution >= 4 is 40.1 Å². The van der Waals surface area contributed by atoms with Crippen LogP contribution in [0.3, 0.4) is 0 Å². The first-order valence-electron chi connectivity index (χ1n) is 8.41. The Morgan fingerprint density at radius 3 is 2.72 bits per heavy atom. The molecule has 1 amide bonds. The second kappa shape index (κ2) is 8.52. The molecule has 2 atom stereocenters. The van der Waals surface area contributed by atoms with Gasteiger partial charge in [-0.1, -0.05) is 48.0 Å². The van der Waals surface area contributed by atoms with Crippen molar-refractivity contribution < 1.29 is 9.53 Å². The van der Waals surface area contributed by atoms with Gasteiger partial charge in [-0.05, 0) is 58.7 Å². The zero-order valence-corrected chi connectivity index (χ0v) is 17.0. The molecule has 1 saturated heterocycles. The van der Waals surface area contributed by atoms with Crippen LogP contribution in [-0.4, -0.2) is 31.0 Å². The molecule has 0 saturated carbocycles. The van der Waals surface area contributed by atoms with E-state index in [1.54, 1.807) is 7.11 Å². The highest BCUT2D eigenvalue weighted by Gasteiger charge is 2.30. The lowest BCUT2D eigenvalue weighted by Gasteiger charge is -2.35. The summed E-state index contributed by atoms with van der Waals surface area (Å²) >= 11 is 8.51. The molecule has 2 aromatic rings. The molecule has 0 bridgehead atoms. The number of nitrogens with zero attached hydrogens (tertiary/aromatic N) is 1. The fourth-order valence-corrected chi connectivity index (χ4v) is 3.91. The molecule has 132 valence electrons. The zero-order valence-electron chi connectivity index (χ0n) is 14.1. The van der Waals surface area contributed by atoms with E-state index in [1.165, 1.54) is 5.56 Å². The molecule has 0 aromatic heterocycles. The number of halogens is 2. The summed E-state index contributed by atoms with van der Waals surface area (Å²) in [4.78, 5) is 14.9. The number of benzene rings is 2. The number of hydrogen-bond donors (Lipinski definition) is 0. The van der Waals surface area contributed by atoms with E-state index in [-0.39, 0.29) is 5.91 Å². The van der Waals surface area contributed by atoms with Crippen molar-refractivity contribution in [1.29, 1.82) is 0 Å². The van der Waals surface area contributed by atoms with Crippen LogP contribution in [0.1, 0.15) is 36.0 Å². The van der Waals surface area contributed by atoms with Gasteiger partial charge in [0.1, 0.15) is 0 Å². The molecule has 3 rings (SSSR count). The maximum Gasteiger partial charge on any atom is 0.256 e. The highest BCUT2D eigenvalue weighted by Crippen LogP contribution is 2.32. The second-order valence-electron chi connectivity index (χ2n) is 6.32. The predicted molar refractivity (Wildman–Crippen MR) is 109 cm³/mol. The second-order valence-corrected chi connectivity index (χ2v) is 7.89. The van der Waals surface area contributed by atoms with Crippen molar-refractivity contribution in [2.45, 2.75) is 24.9 Å². The average Bonchev–Trinajstić information content (AvgIpc) is 2.65. The van der Waals surface area contributed by atoms with Crippen molar-refractivity contribution in [3.05, 3.63) is 68.3 Å². The minimum atomic E-state index is -0.541. The molecule has 2 aromatic carbocycles. The molecular weight excluding hydrogens is 449 g/mol. The first-order valence-corrected chi connectivity index (χ1v) is 9.87. The number of ether oxygens (including phenoxy) is 1. The smallest absolute Gasteiger partial charge is 0.256 e. The van der Waals surface area contributed by atoms with E-state index in [2.05, 4.69) is 28.7 Å². The number of likely N-dealkylation sites (tertiary alicyclic amines) is 1. The molecule has 0 aliphatic carbocycles. The third kappa shape index (κ3) is 4.36. The van der Waals surface area contributed by atoms with Gasteiger partial charge in [0.15, 0.2) is 6.10 Å². The number of amides is 1. The Hall–Kier alpha value is -1.11. The van der Waals surface area contributed by atoms with Gasteiger partial charge in [-0.3, -0.25) is 4.79 Å². The Morgan fingerprint density at radius 2 is 2.04 bits per heavy atom. The molecule has 0 radical (unpaired) electrons. The Balaban J connectivity index is 1.76. The van der Waals surface area contributed by atoms with Gasteiger partial charge in [0, 0.05) is 29.7 Å². The molecule has 3 nitrogen and oxygen atoms in total. The molecule has 0 unspecified atom stereocenters. The Labute approximate surface area is 167 Å².